The van der Waals surface area contributed by atoms with E-state index < -0.39 is 0 Å². The maximum absolute atomic E-state index is 12.5. The van der Waals surface area contributed by atoms with Crippen molar-refractivity contribution in [2.45, 2.75) is 38.5 Å². The van der Waals surface area contributed by atoms with E-state index in [1.165, 1.54) is 25.7 Å². The molecule has 0 aromatic carbocycles. The van der Waals surface area contributed by atoms with E-state index in [9.17, 15) is 9.90 Å². The van der Waals surface area contributed by atoms with Crippen LogP contribution in [0, 0.1) is 11.8 Å². The summed E-state index contributed by atoms with van der Waals surface area (Å²) in [6.45, 7) is 4.85. The van der Waals surface area contributed by atoms with Gasteiger partial charge in [-0.15, -0.1) is 5.10 Å². The van der Waals surface area contributed by atoms with E-state index in [1.54, 1.807) is 0 Å². The second-order valence-corrected chi connectivity index (χ2v) is 7.61. The second-order valence-electron chi connectivity index (χ2n) is 7.27. The highest BCUT2D eigenvalue weighted by atomic mass is 35.5. The number of amides is 1. The zero-order valence-electron chi connectivity index (χ0n) is 14.7. The molecule has 7 nitrogen and oxygen atoms in total. The molecule has 140 valence electrons. The highest BCUT2D eigenvalue weighted by molar-refractivity contribution is 6.28. The summed E-state index contributed by atoms with van der Waals surface area (Å²) in [4.78, 5) is 21.0. The van der Waals surface area contributed by atoms with Gasteiger partial charge in [0, 0.05) is 45.0 Å². The van der Waals surface area contributed by atoms with Crippen LogP contribution in [-0.4, -0.2) is 75.3 Å². The molecule has 1 amide bonds. The fraction of sp³-hybridized carbons (Fsp3) is 0.824. The van der Waals surface area contributed by atoms with Gasteiger partial charge >= 0.3 is 0 Å². The summed E-state index contributed by atoms with van der Waals surface area (Å²) >= 11 is 5.68. The Morgan fingerprint density at radius 3 is 2.56 bits per heavy atom. The van der Waals surface area contributed by atoms with Crippen molar-refractivity contribution in [3.63, 3.8) is 0 Å². The smallest absolute Gasteiger partial charge is 0.242 e. The van der Waals surface area contributed by atoms with Crippen LogP contribution >= 0.6 is 11.6 Å². The SMILES string of the molecule is O=C(CCc1nc(Cl)n[nH]1)N1C[C@@H](CN2CCCCCC2)[C@@H](CO)C1. The Hall–Kier alpha value is -1.18. The van der Waals surface area contributed by atoms with Gasteiger partial charge in [-0.3, -0.25) is 9.89 Å². The van der Waals surface area contributed by atoms with Gasteiger partial charge in [-0.25, -0.2) is 4.98 Å². The molecule has 1 aromatic rings. The number of aryl methyl sites for hydroxylation is 1. The predicted octanol–water partition coefficient (Wildman–Crippen LogP) is 1.33. The third kappa shape index (κ3) is 5.15. The van der Waals surface area contributed by atoms with E-state index in [1.807, 2.05) is 4.90 Å². The van der Waals surface area contributed by atoms with Crippen LogP contribution in [0.2, 0.25) is 5.28 Å². The number of H-pyrrole nitrogens is 1. The molecule has 3 heterocycles. The van der Waals surface area contributed by atoms with E-state index >= 15 is 0 Å². The second kappa shape index (κ2) is 8.96. The van der Waals surface area contributed by atoms with Crippen LogP contribution in [0.1, 0.15) is 37.9 Å². The molecule has 2 aliphatic heterocycles. The Kier molecular flexibility index (Phi) is 6.67. The largest absolute Gasteiger partial charge is 0.396 e. The van der Waals surface area contributed by atoms with Crippen LogP contribution in [0.4, 0.5) is 0 Å². The van der Waals surface area contributed by atoms with Crippen LogP contribution in [0.3, 0.4) is 0 Å². The third-order valence-electron chi connectivity index (χ3n) is 5.44. The minimum Gasteiger partial charge on any atom is -0.396 e. The number of aromatic nitrogens is 3. The van der Waals surface area contributed by atoms with Crippen molar-refractivity contribution < 1.29 is 9.90 Å². The van der Waals surface area contributed by atoms with Crippen molar-refractivity contribution in [3.8, 4) is 0 Å². The number of nitrogens with zero attached hydrogens (tertiary/aromatic N) is 4. The topological polar surface area (TPSA) is 85.4 Å². The minimum absolute atomic E-state index is 0.115. The minimum atomic E-state index is 0.115. The van der Waals surface area contributed by atoms with Gasteiger partial charge in [-0.1, -0.05) is 12.8 Å². The summed E-state index contributed by atoms with van der Waals surface area (Å²) in [5.41, 5.74) is 0. The van der Waals surface area contributed by atoms with E-state index in [0.29, 0.717) is 31.1 Å². The molecular weight excluding hydrogens is 342 g/mol. The van der Waals surface area contributed by atoms with Gasteiger partial charge in [0.2, 0.25) is 11.2 Å². The Morgan fingerprint density at radius 1 is 1.20 bits per heavy atom. The number of halogens is 1. The van der Waals surface area contributed by atoms with E-state index in [-0.39, 0.29) is 23.7 Å². The van der Waals surface area contributed by atoms with Crippen LogP contribution < -0.4 is 0 Å². The Bertz CT molecular complexity index is 559. The number of aromatic amines is 1. The molecule has 0 saturated carbocycles. The van der Waals surface area contributed by atoms with E-state index in [4.69, 9.17) is 11.6 Å². The number of aliphatic hydroxyl groups is 1. The maximum Gasteiger partial charge on any atom is 0.242 e. The normalized spacial score (nSPS) is 25.3. The molecule has 25 heavy (non-hydrogen) atoms. The number of hydrogen-bond donors (Lipinski definition) is 2. The average molecular weight is 370 g/mol. The quantitative estimate of drug-likeness (QED) is 0.790. The number of aliphatic hydroxyl groups excluding tert-OH is 1. The van der Waals surface area contributed by atoms with Crippen molar-refractivity contribution in [1.29, 1.82) is 0 Å². The summed E-state index contributed by atoms with van der Waals surface area (Å²) in [5, 5.41) is 16.4. The van der Waals surface area contributed by atoms with Gasteiger partial charge in [0.1, 0.15) is 5.82 Å². The molecule has 0 unspecified atom stereocenters. The number of carbonyl (C=O) groups excluding carboxylic acids is 1. The number of likely N-dealkylation sites (tertiary alicyclic amines) is 2. The van der Waals surface area contributed by atoms with Gasteiger partial charge in [0.15, 0.2) is 0 Å². The van der Waals surface area contributed by atoms with Gasteiger partial charge < -0.3 is 14.9 Å². The average Bonchev–Trinajstić information content (AvgIpc) is 3.11. The number of hydrogen-bond acceptors (Lipinski definition) is 5. The third-order valence-corrected chi connectivity index (χ3v) is 5.60. The van der Waals surface area contributed by atoms with Crippen LogP contribution in [0.5, 0.6) is 0 Å². The molecule has 0 spiro atoms. The standard InChI is InChI=1S/C17H28ClN5O2/c18-17-19-15(20-21-17)5-6-16(25)23-10-13(14(11-23)12-24)9-22-7-3-1-2-4-8-22/h13-14,24H,1-12H2,(H,19,20,21)/t13-,14-/m1/s1. The van der Waals surface area contributed by atoms with Crippen molar-refractivity contribution in [2.24, 2.45) is 11.8 Å². The molecule has 2 saturated heterocycles. The summed E-state index contributed by atoms with van der Waals surface area (Å²) in [7, 11) is 0. The molecule has 1 aromatic heterocycles. The first-order valence-electron chi connectivity index (χ1n) is 9.33. The van der Waals surface area contributed by atoms with Crippen molar-refractivity contribution in [2.75, 3.05) is 39.3 Å². The Morgan fingerprint density at radius 2 is 1.92 bits per heavy atom. The molecule has 0 aliphatic carbocycles. The first-order valence-corrected chi connectivity index (χ1v) is 9.71. The fourth-order valence-corrected chi connectivity index (χ4v) is 4.12. The number of nitrogens with one attached hydrogen (secondary N) is 1. The molecule has 3 rings (SSSR count). The summed E-state index contributed by atoms with van der Waals surface area (Å²) in [6.07, 6.45) is 6.06. The van der Waals surface area contributed by atoms with E-state index in [0.717, 1.165) is 26.2 Å². The molecule has 2 aliphatic rings. The highest BCUT2D eigenvalue weighted by Gasteiger charge is 2.35. The van der Waals surface area contributed by atoms with Crippen molar-refractivity contribution in [1.82, 2.24) is 25.0 Å². The number of carbonyl (C=O) groups is 1. The van der Waals surface area contributed by atoms with Gasteiger partial charge in [0.25, 0.3) is 0 Å². The van der Waals surface area contributed by atoms with Gasteiger partial charge in [0.05, 0.1) is 0 Å². The molecule has 2 fully saturated rings. The lowest BCUT2D eigenvalue weighted by atomic mass is 9.96. The van der Waals surface area contributed by atoms with Crippen LogP contribution in [0.15, 0.2) is 0 Å². The summed E-state index contributed by atoms with van der Waals surface area (Å²) in [5.74, 6) is 1.31. The highest BCUT2D eigenvalue weighted by Crippen LogP contribution is 2.26. The van der Waals surface area contributed by atoms with Crippen LogP contribution in [-0.2, 0) is 11.2 Å². The zero-order valence-corrected chi connectivity index (χ0v) is 15.4. The lowest BCUT2D eigenvalue weighted by Gasteiger charge is -2.26. The summed E-state index contributed by atoms with van der Waals surface area (Å²) < 4.78 is 0. The molecule has 0 radical (unpaired) electrons. The zero-order chi connectivity index (χ0) is 17.6. The molecular formula is C17H28ClN5O2. The first kappa shape index (κ1) is 18.6. The van der Waals surface area contributed by atoms with Gasteiger partial charge in [-0.2, -0.15) is 0 Å². The Balaban J connectivity index is 1.50. The lowest BCUT2D eigenvalue weighted by molar-refractivity contribution is -0.130. The Labute approximate surface area is 153 Å². The molecule has 8 heteroatoms. The molecule has 0 bridgehead atoms. The van der Waals surface area contributed by atoms with Gasteiger partial charge in [-0.05, 0) is 43.5 Å². The van der Waals surface area contributed by atoms with E-state index in [2.05, 4.69) is 20.1 Å². The lowest BCUT2D eigenvalue weighted by Crippen LogP contribution is -2.35. The fourth-order valence-electron chi connectivity index (χ4n) is 3.97. The summed E-state index contributed by atoms with van der Waals surface area (Å²) in [6, 6.07) is 0. The monoisotopic (exact) mass is 369 g/mol. The van der Waals surface area contributed by atoms with Crippen molar-refractivity contribution >= 4 is 17.5 Å². The molecule has 2 atom stereocenters. The number of rotatable bonds is 6. The molecule has 2 N–H and O–H groups in total. The maximum atomic E-state index is 12.5. The van der Waals surface area contributed by atoms with Crippen LogP contribution in [0.25, 0.3) is 0 Å². The predicted molar refractivity (Wildman–Crippen MR) is 95.3 cm³/mol. The van der Waals surface area contributed by atoms with Crippen molar-refractivity contribution in [3.05, 3.63) is 11.1 Å². The first-order chi connectivity index (χ1) is 12.2.